The van der Waals surface area contributed by atoms with E-state index in [1.807, 2.05) is 26.0 Å². The third kappa shape index (κ3) is 2.36. The normalized spacial score (nSPS) is 10.7. The zero-order chi connectivity index (χ0) is 14.0. The second-order valence-corrected chi connectivity index (χ2v) is 4.58. The van der Waals surface area contributed by atoms with E-state index < -0.39 is 5.69 Å². The van der Waals surface area contributed by atoms with Crippen LogP contribution >= 0.6 is 11.6 Å². The number of aromatic nitrogens is 2. The van der Waals surface area contributed by atoms with E-state index in [2.05, 4.69) is 4.98 Å². The fourth-order valence-electron chi connectivity index (χ4n) is 2.10. The SMILES string of the molecule is CCc1ccccc1-n1c(=O)[nH]c(Cl)c(CC)c1=O. The van der Waals surface area contributed by atoms with Crippen LogP contribution in [0.4, 0.5) is 0 Å². The molecule has 0 unspecified atom stereocenters. The Morgan fingerprint density at radius 2 is 1.84 bits per heavy atom. The van der Waals surface area contributed by atoms with Gasteiger partial charge in [-0.1, -0.05) is 43.6 Å². The van der Waals surface area contributed by atoms with Gasteiger partial charge in [0.25, 0.3) is 5.56 Å². The van der Waals surface area contributed by atoms with E-state index in [9.17, 15) is 9.59 Å². The highest BCUT2D eigenvalue weighted by Gasteiger charge is 2.14. The smallest absolute Gasteiger partial charge is 0.297 e. The molecule has 0 saturated heterocycles. The number of aromatic amines is 1. The highest BCUT2D eigenvalue weighted by Crippen LogP contribution is 2.13. The maximum absolute atomic E-state index is 12.4. The highest BCUT2D eigenvalue weighted by atomic mass is 35.5. The number of hydrogen-bond acceptors (Lipinski definition) is 2. The minimum absolute atomic E-state index is 0.128. The zero-order valence-corrected chi connectivity index (χ0v) is 11.6. The lowest BCUT2D eigenvalue weighted by Gasteiger charge is -2.11. The zero-order valence-electron chi connectivity index (χ0n) is 10.9. The van der Waals surface area contributed by atoms with Crippen LogP contribution in [0.1, 0.15) is 25.0 Å². The molecule has 2 aromatic rings. The van der Waals surface area contributed by atoms with E-state index in [-0.39, 0.29) is 10.7 Å². The number of rotatable bonds is 3. The van der Waals surface area contributed by atoms with Crippen molar-refractivity contribution in [1.29, 1.82) is 0 Å². The van der Waals surface area contributed by atoms with Gasteiger partial charge in [0.15, 0.2) is 0 Å². The summed E-state index contributed by atoms with van der Waals surface area (Å²) in [6.07, 6.45) is 1.22. The van der Waals surface area contributed by atoms with Crippen molar-refractivity contribution in [1.82, 2.24) is 9.55 Å². The van der Waals surface area contributed by atoms with Crippen molar-refractivity contribution < 1.29 is 0 Å². The molecule has 0 radical (unpaired) electrons. The van der Waals surface area contributed by atoms with Gasteiger partial charge in [-0.05, 0) is 24.5 Å². The van der Waals surface area contributed by atoms with Crippen molar-refractivity contribution in [2.45, 2.75) is 26.7 Å². The summed E-state index contributed by atoms with van der Waals surface area (Å²) in [5.41, 5.74) is 1.12. The molecule has 0 aliphatic carbocycles. The van der Waals surface area contributed by atoms with Crippen LogP contribution in [-0.2, 0) is 12.8 Å². The Morgan fingerprint density at radius 3 is 2.47 bits per heavy atom. The summed E-state index contributed by atoms with van der Waals surface area (Å²) in [4.78, 5) is 26.9. The van der Waals surface area contributed by atoms with Gasteiger partial charge in [-0.2, -0.15) is 0 Å². The average molecular weight is 279 g/mol. The number of benzene rings is 1. The fraction of sp³-hybridized carbons (Fsp3) is 0.286. The summed E-state index contributed by atoms with van der Waals surface area (Å²) in [5, 5.41) is 0.128. The largest absolute Gasteiger partial charge is 0.334 e. The van der Waals surface area contributed by atoms with Crippen molar-refractivity contribution >= 4 is 11.6 Å². The van der Waals surface area contributed by atoms with E-state index in [4.69, 9.17) is 11.6 Å². The number of aryl methyl sites for hydroxylation is 1. The van der Waals surface area contributed by atoms with Crippen LogP contribution in [0.2, 0.25) is 5.15 Å². The van der Waals surface area contributed by atoms with E-state index in [0.29, 0.717) is 17.7 Å². The topological polar surface area (TPSA) is 54.9 Å². The Labute approximate surface area is 115 Å². The maximum atomic E-state index is 12.4. The third-order valence-electron chi connectivity index (χ3n) is 3.11. The van der Waals surface area contributed by atoms with Gasteiger partial charge in [-0.25, -0.2) is 9.36 Å². The Morgan fingerprint density at radius 1 is 1.16 bits per heavy atom. The summed E-state index contributed by atoms with van der Waals surface area (Å²) < 4.78 is 1.16. The molecule has 4 nitrogen and oxygen atoms in total. The van der Waals surface area contributed by atoms with Gasteiger partial charge in [0, 0.05) is 0 Å². The first-order chi connectivity index (χ1) is 9.10. The summed E-state index contributed by atoms with van der Waals surface area (Å²) in [7, 11) is 0. The molecule has 0 bridgehead atoms. The minimum Gasteiger partial charge on any atom is -0.297 e. The molecule has 5 heteroatoms. The molecule has 0 fully saturated rings. The maximum Gasteiger partial charge on any atom is 0.334 e. The van der Waals surface area contributed by atoms with Crippen molar-refractivity contribution in [3.05, 3.63) is 61.4 Å². The van der Waals surface area contributed by atoms with Crippen LogP contribution in [-0.4, -0.2) is 9.55 Å². The van der Waals surface area contributed by atoms with Crippen molar-refractivity contribution in [2.24, 2.45) is 0 Å². The Hall–Kier alpha value is -1.81. The number of hydrogen-bond donors (Lipinski definition) is 1. The molecule has 100 valence electrons. The Balaban J connectivity index is 2.83. The van der Waals surface area contributed by atoms with Gasteiger partial charge in [0.2, 0.25) is 0 Å². The van der Waals surface area contributed by atoms with Crippen LogP contribution in [0.5, 0.6) is 0 Å². The van der Waals surface area contributed by atoms with E-state index in [1.54, 1.807) is 12.1 Å². The molecular formula is C14H15ClN2O2. The molecule has 0 amide bonds. The summed E-state index contributed by atoms with van der Waals surface area (Å²) >= 11 is 5.90. The molecule has 1 heterocycles. The first-order valence-electron chi connectivity index (χ1n) is 6.22. The highest BCUT2D eigenvalue weighted by molar-refractivity contribution is 6.30. The van der Waals surface area contributed by atoms with Gasteiger partial charge in [-0.3, -0.25) is 9.78 Å². The monoisotopic (exact) mass is 278 g/mol. The lowest BCUT2D eigenvalue weighted by molar-refractivity contribution is 0.831. The summed E-state index contributed by atoms with van der Waals surface area (Å²) in [6, 6.07) is 7.36. The standard InChI is InChI=1S/C14H15ClN2O2/c1-3-9-7-5-6-8-11(9)17-13(18)10(4-2)12(15)16-14(17)19/h5-8H,3-4H2,1-2H3,(H,16,19). The molecule has 1 N–H and O–H groups in total. The lowest BCUT2D eigenvalue weighted by Crippen LogP contribution is -2.36. The molecule has 0 atom stereocenters. The van der Waals surface area contributed by atoms with Gasteiger partial charge in [0.1, 0.15) is 5.15 Å². The second kappa shape index (κ2) is 5.45. The predicted molar refractivity (Wildman–Crippen MR) is 76.4 cm³/mol. The lowest BCUT2D eigenvalue weighted by atomic mass is 10.1. The van der Waals surface area contributed by atoms with Gasteiger partial charge in [-0.15, -0.1) is 0 Å². The average Bonchev–Trinajstić information content (AvgIpc) is 2.39. The molecule has 0 saturated carbocycles. The number of halogens is 1. The first kappa shape index (κ1) is 13.6. The van der Waals surface area contributed by atoms with Gasteiger partial charge >= 0.3 is 5.69 Å². The Bertz CT molecular complexity index is 716. The first-order valence-corrected chi connectivity index (χ1v) is 6.59. The predicted octanol–water partition coefficient (Wildman–Crippen LogP) is 2.30. The van der Waals surface area contributed by atoms with Crippen molar-refractivity contribution in [3.8, 4) is 5.69 Å². The molecule has 0 aliphatic rings. The van der Waals surface area contributed by atoms with Crippen LogP contribution in [0.3, 0.4) is 0 Å². The number of para-hydroxylation sites is 1. The van der Waals surface area contributed by atoms with Crippen LogP contribution < -0.4 is 11.2 Å². The number of nitrogens with zero attached hydrogens (tertiary/aromatic N) is 1. The molecule has 19 heavy (non-hydrogen) atoms. The molecule has 1 aromatic carbocycles. The minimum atomic E-state index is -0.506. The van der Waals surface area contributed by atoms with E-state index in [0.717, 1.165) is 16.6 Å². The fourth-order valence-corrected chi connectivity index (χ4v) is 2.39. The molecule has 0 aliphatic heterocycles. The quantitative estimate of drug-likeness (QED) is 0.876. The number of nitrogens with one attached hydrogen (secondary N) is 1. The van der Waals surface area contributed by atoms with E-state index in [1.165, 1.54) is 0 Å². The third-order valence-corrected chi connectivity index (χ3v) is 3.44. The van der Waals surface area contributed by atoms with Gasteiger partial charge < -0.3 is 0 Å². The van der Waals surface area contributed by atoms with E-state index >= 15 is 0 Å². The summed E-state index contributed by atoms with van der Waals surface area (Å²) in [5.74, 6) is 0. The van der Waals surface area contributed by atoms with Crippen molar-refractivity contribution in [2.75, 3.05) is 0 Å². The molecule has 1 aromatic heterocycles. The van der Waals surface area contributed by atoms with Gasteiger partial charge in [0.05, 0.1) is 11.3 Å². The van der Waals surface area contributed by atoms with Crippen LogP contribution in [0, 0.1) is 0 Å². The van der Waals surface area contributed by atoms with Crippen LogP contribution in [0.15, 0.2) is 33.9 Å². The molecule has 0 spiro atoms. The Kier molecular flexibility index (Phi) is 3.90. The van der Waals surface area contributed by atoms with Crippen LogP contribution in [0.25, 0.3) is 5.69 Å². The van der Waals surface area contributed by atoms with Crippen molar-refractivity contribution in [3.63, 3.8) is 0 Å². The number of H-pyrrole nitrogens is 1. The summed E-state index contributed by atoms with van der Waals surface area (Å²) in [6.45, 7) is 3.81. The second-order valence-electron chi connectivity index (χ2n) is 4.20. The molecular weight excluding hydrogens is 264 g/mol. The molecule has 2 rings (SSSR count).